The van der Waals surface area contributed by atoms with Gasteiger partial charge < -0.3 is 10.0 Å². The Labute approximate surface area is 89.9 Å². The van der Waals surface area contributed by atoms with Crippen LogP contribution < -0.4 is 5.46 Å². The van der Waals surface area contributed by atoms with Gasteiger partial charge in [-0.3, -0.25) is 0 Å². The van der Waals surface area contributed by atoms with Crippen LogP contribution in [0.4, 0.5) is 4.39 Å². The summed E-state index contributed by atoms with van der Waals surface area (Å²) in [5, 5.41) is 18.3. The lowest BCUT2D eigenvalue weighted by Gasteiger charge is -2.24. The van der Waals surface area contributed by atoms with E-state index in [4.69, 9.17) is 0 Å². The normalized spacial score (nSPS) is 11.7. The van der Waals surface area contributed by atoms with Crippen molar-refractivity contribution in [2.75, 3.05) is 0 Å². The molecular weight excluding hydrogens is 194 g/mol. The number of hydrogen-bond donors (Lipinski definition) is 2. The lowest BCUT2D eigenvalue weighted by molar-refractivity contribution is 0.422. The second kappa shape index (κ2) is 3.95. The fourth-order valence-electron chi connectivity index (χ4n) is 1.67. The van der Waals surface area contributed by atoms with Crippen molar-refractivity contribution < 1.29 is 14.4 Å². The number of aryl methyl sites for hydroxylation is 1. The summed E-state index contributed by atoms with van der Waals surface area (Å²) in [4.78, 5) is 0. The highest BCUT2D eigenvalue weighted by atomic mass is 19.1. The van der Waals surface area contributed by atoms with E-state index in [0.717, 1.165) is 0 Å². The van der Waals surface area contributed by atoms with Crippen LogP contribution in [0.2, 0.25) is 0 Å². The molecule has 0 saturated carbocycles. The fraction of sp³-hybridized carbons (Fsp3) is 0.455. The first-order valence-electron chi connectivity index (χ1n) is 4.90. The third-order valence-corrected chi connectivity index (χ3v) is 2.40. The van der Waals surface area contributed by atoms with E-state index in [2.05, 4.69) is 0 Å². The zero-order valence-electron chi connectivity index (χ0n) is 9.50. The van der Waals surface area contributed by atoms with Gasteiger partial charge in [-0.05, 0) is 28.9 Å². The molecule has 0 radical (unpaired) electrons. The van der Waals surface area contributed by atoms with Crippen LogP contribution in [0.1, 0.15) is 31.9 Å². The first kappa shape index (κ1) is 12.2. The Balaban J connectivity index is 3.49. The topological polar surface area (TPSA) is 40.5 Å². The Morgan fingerprint density at radius 2 is 1.73 bits per heavy atom. The first-order chi connectivity index (χ1) is 6.75. The van der Waals surface area contributed by atoms with Crippen molar-refractivity contribution >= 4 is 12.6 Å². The van der Waals surface area contributed by atoms with Crippen LogP contribution in [0.25, 0.3) is 0 Å². The van der Waals surface area contributed by atoms with E-state index in [1.54, 1.807) is 19.1 Å². The molecule has 15 heavy (non-hydrogen) atoms. The molecule has 1 aromatic rings. The van der Waals surface area contributed by atoms with Crippen molar-refractivity contribution in [1.29, 1.82) is 0 Å². The van der Waals surface area contributed by atoms with E-state index in [1.807, 2.05) is 20.8 Å². The molecule has 0 aliphatic carbocycles. The Morgan fingerprint density at radius 1 is 1.20 bits per heavy atom. The molecule has 0 unspecified atom stereocenters. The minimum atomic E-state index is -1.63. The van der Waals surface area contributed by atoms with Crippen molar-refractivity contribution in [3.63, 3.8) is 0 Å². The summed E-state index contributed by atoms with van der Waals surface area (Å²) >= 11 is 0. The summed E-state index contributed by atoms with van der Waals surface area (Å²) < 4.78 is 13.9. The van der Waals surface area contributed by atoms with E-state index in [-0.39, 0.29) is 11.3 Å². The van der Waals surface area contributed by atoms with Crippen LogP contribution in [-0.2, 0) is 5.41 Å². The number of benzene rings is 1. The van der Waals surface area contributed by atoms with Crippen LogP contribution in [0.5, 0.6) is 0 Å². The summed E-state index contributed by atoms with van der Waals surface area (Å²) in [7, 11) is -1.63. The van der Waals surface area contributed by atoms with Gasteiger partial charge in [0, 0.05) is 0 Å². The second-order valence-corrected chi connectivity index (χ2v) is 4.78. The van der Waals surface area contributed by atoms with Gasteiger partial charge in [-0.15, -0.1) is 0 Å². The zero-order chi connectivity index (χ0) is 11.8. The van der Waals surface area contributed by atoms with Gasteiger partial charge in [-0.25, -0.2) is 4.39 Å². The monoisotopic (exact) mass is 210 g/mol. The Bertz CT molecular complexity index is 370. The van der Waals surface area contributed by atoms with Gasteiger partial charge in [0.25, 0.3) is 0 Å². The standard InChI is InChI=1S/C11H16BFO2/c1-7-5-6-8(12(14)15)9(10(7)13)11(2,3)4/h5-6,14-15H,1-4H3. The number of rotatable bonds is 1. The molecule has 4 heteroatoms. The van der Waals surface area contributed by atoms with Crippen LogP contribution in [0, 0.1) is 12.7 Å². The molecule has 1 rings (SSSR count). The molecule has 0 amide bonds. The van der Waals surface area contributed by atoms with Crippen LogP contribution in [-0.4, -0.2) is 17.2 Å². The van der Waals surface area contributed by atoms with Gasteiger partial charge in [0.05, 0.1) is 0 Å². The Kier molecular flexibility index (Phi) is 3.21. The first-order valence-corrected chi connectivity index (χ1v) is 4.90. The van der Waals surface area contributed by atoms with Crippen LogP contribution >= 0.6 is 0 Å². The highest BCUT2D eigenvalue weighted by molar-refractivity contribution is 6.59. The van der Waals surface area contributed by atoms with Crippen molar-refractivity contribution in [1.82, 2.24) is 0 Å². The van der Waals surface area contributed by atoms with E-state index < -0.39 is 12.5 Å². The highest BCUT2D eigenvalue weighted by Crippen LogP contribution is 2.25. The minimum absolute atomic E-state index is 0.241. The molecule has 0 aliphatic rings. The number of hydrogen-bond acceptors (Lipinski definition) is 2. The van der Waals surface area contributed by atoms with Gasteiger partial charge >= 0.3 is 7.12 Å². The van der Waals surface area contributed by atoms with E-state index in [9.17, 15) is 14.4 Å². The molecule has 0 bridgehead atoms. The van der Waals surface area contributed by atoms with Gasteiger partial charge in [0.1, 0.15) is 5.82 Å². The van der Waals surface area contributed by atoms with Gasteiger partial charge in [0.2, 0.25) is 0 Å². The smallest absolute Gasteiger partial charge is 0.423 e. The van der Waals surface area contributed by atoms with E-state index >= 15 is 0 Å². The van der Waals surface area contributed by atoms with Crippen molar-refractivity contribution in [2.45, 2.75) is 33.1 Å². The summed E-state index contributed by atoms with van der Waals surface area (Å²) in [6, 6.07) is 3.11. The van der Waals surface area contributed by atoms with Gasteiger partial charge in [-0.1, -0.05) is 32.9 Å². The molecular formula is C11H16BFO2. The third kappa shape index (κ3) is 2.38. The SMILES string of the molecule is Cc1ccc(B(O)O)c(C(C)(C)C)c1F. The fourth-order valence-corrected chi connectivity index (χ4v) is 1.67. The highest BCUT2D eigenvalue weighted by Gasteiger charge is 2.28. The molecule has 82 valence electrons. The molecule has 0 saturated heterocycles. The molecule has 0 atom stereocenters. The zero-order valence-corrected chi connectivity index (χ0v) is 9.50. The maximum Gasteiger partial charge on any atom is 0.488 e. The largest absolute Gasteiger partial charge is 0.488 e. The summed E-state index contributed by atoms with van der Waals surface area (Å²) in [5.41, 5.74) is 0.683. The summed E-state index contributed by atoms with van der Waals surface area (Å²) in [5.74, 6) is -0.354. The van der Waals surface area contributed by atoms with Crippen LogP contribution in [0.15, 0.2) is 12.1 Å². The van der Waals surface area contributed by atoms with E-state index in [0.29, 0.717) is 11.1 Å². The lowest BCUT2D eigenvalue weighted by atomic mass is 9.69. The second-order valence-electron chi connectivity index (χ2n) is 4.78. The van der Waals surface area contributed by atoms with Crippen molar-refractivity contribution in [2.24, 2.45) is 0 Å². The molecule has 0 fully saturated rings. The average molecular weight is 210 g/mol. The van der Waals surface area contributed by atoms with E-state index in [1.165, 1.54) is 0 Å². The van der Waals surface area contributed by atoms with Crippen LogP contribution in [0.3, 0.4) is 0 Å². The van der Waals surface area contributed by atoms with Gasteiger partial charge in [-0.2, -0.15) is 0 Å². The molecule has 0 spiro atoms. The van der Waals surface area contributed by atoms with Crippen molar-refractivity contribution in [3.8, 4) is 0 Å². The molecule has 2 N–H and O–H groups in total. The predicted molar refractivity (Wildman–Crippen MR) is 59.7 cm³/mol. The third-order valence-electron chi connectivity index (χ3n) is 2.40. The molecule has 0 heterocycles. The minimum Gasteiger partial charge on any atom is -0.423 e. The molecule has 0 aliphatic heterocycles. The predicted octanol–water partition coefficient (Wildman–Crippen LogP) is 1.11. The molecule has 2 nitrogen and oxygen atoms in total. The lowest BCUT2D eigenvalue weighted by Crippen LogP contribution is -2.38. The quantitative estimate of drug-likeness (QED) is 0.681. The Hall–Kier alpha value is -0.865. The van der Waals surface area contributed by atoms with Gasteiger partial charge in [0.15, 0.2) is 0 Å². The molecule has 0 aromatic heterocycles. The Morgan fingerprint density at radius 3 is 2.13 bits per heavy atom. The summed E-state index contributed by atoms with van der Waals surface area (Å²) in [6.45, 7) is 7.20. The molecule has 1 aromatic carbocycles. The van der Waals surface area contributed by atoms with Crippen molar-refractivity contribution in [3.05, 3.63) is 29.1 Å². The number of halogens is 1. The maximum absolute atomic E-state index is 13.9. The maximum atomic E-state index is 13.9. The summed E-state index contributed by atoms with van der Waals surface area (Å²) in [6.07, 6.45) is 0. The average Bonchev–Trinajstić information content (AvgIpc) is 2.06.